The van der Waals surface area contributed by atoms with Gasteiger partial charge in [0.2, 0.25) is 0 Å². The van der Waals surface area contributed by atoms with Gasteiger partial charge in [-0.3, -0.25) is 0 Å². The van der Waals surface area contributed by atoms with Crippen LogP contribution in [-0.2, 0) is 19.1 Å². The molecule has 2 aliphatic carbocycles. The lowest BCUT2D eigenvalue weighted by Gasteiger charge is -2.18. The van der Waals surface area contributed by atoms with Gasteiger partial charge in [0.05, 0.1) is 43.3 Å². The van der Waals surface area contributed by atoms with E-state index in [2.05, 4.69) is 0 Å². The fourth-order valence-corrected chi connectivity index (χ4v) is 6.73. The number of hydrogen-bond acceptors (Lipinski definition) is 8. The lowest BCUT2D eigenvalue weighted by Crippen LogP contribution is -2.28. The van der Waals surface area contributed by atoms with Gasteiger partial charge in [-0.15, -0.1) is 0 Å². The molecule has 0 saturated heterocycles. The van der Waals surface area contributed by atoms with Crippen LogP contribution in [0.15, 0.2) is 12.1 Å². The van der Waals surface area contributed by atoms with E-state index < -0.39 is 46.5 Å². The number of esters is 4. The Hall–Kier alpha value is -1.94. The molecule has 0 amide bonds. The number of benzene rings is 2. The first-order valence-corrected chi connectivity index (χ1v) is 17.3. The summed E-state index contributed by atoms with van der Waals surface area (Å²) in [6.45, 7) is 4.30. The second kappa shape index (κ2) is 16.4. The van der Waals surface area contributed by atoms with Crippen LogP contribution in [0.2, 0.25) is 30.1 Å². The maximum Gasteiger partial charge on any atom is 0.423 e. The normalized spacial score (nSPS) is 15.6. The zero-order valence-electron chi connectivity index (χ0n) is 25.1. The van der Waals surface area contributed by atoms with Gasteiger partial charge in [-0.25, -0.2) is 19.2 Å². The predicted molar refractivity (Wildman–Crippen MR) is 177 cm³/mol. The topological polar surface area (TPSA) is 105 Å². The number of carbonyl (C=O) groups is 4. The lowest BCUT2D eigenvalue weighted by atomic mass is 9.99. The summed E-state index contributed by atoms with van der Waals surface area (Å²) in [5, 5.41) is -1.41. The Morgan fingerprint density at radius 3 is 1.28 bits per heavy atom. The predicted octanol–water partition coefficient (Wildman–Crippen LogP) is 10.1. The van der Waals surface area contributed by atoms with Gasteiger partial charge in [-0.05, 0) is 74.3 Å². The van der Waals surface area contributed by atoms with Crippen LogP contribution in [0.25, 0.3) is 0 Å². The van der Waals surface area contributed by atoms with E-state index in [1.54, 1.807) is 0 Å². The smallest absolute Gasteiger partial charge is 0.423 e. The molecule has 2 saturated carbocycles. The minimum atomic E-state index is -1.63. The zero-order valence-corrected chi connectivity index (χ0v) is 29.6. The van der Waals surface area contributed by atoms with Gasteiger partial charge in [0.25, 0.3) is 0 Å². The summed E-state index contributed by atoms with van der Waals surface area (Å²) in [6, 6.07) is 2.27. The molecule has 250 valence electrons. The molecule has 0 aliphatic heterocycles. The van der Waals surface area contributed by atoms with E-state index in [4.69, 9.17) is 88.6 Å². The molecule has 2 aromatic carbocycles. The summed E-state index contributed by atoms with van der Waals surface area (Å²) >= 11 is 37.5. The van der Waals surface area contributed by atoms with E-state index in [0.29, 0.717) is 11.8 Å². The molecule has 0 aromatic heterocycles. The summed E-state index contributed by atoms with van der Waals surface area (Å²) in [7, 11) is 0. The highest BCUT2D eigenvalue weighted by Gasteiger charge is 2.35. The molecule has 0 heterocycles. The first-order valence-electron chi connectivity index (χ1n) is 15.0. The second-order valence-corrected chi connectivity index (χ2v) is 13.8. The van der Waals surface area contributed by atoms with Crippen molar-refractivity contribution in [3.63, 3.8) is 0 Å². The van der Waals surface area contributed by atoms with Crippen LogP contribution >= 0.6 is 69.6 Å². The molecule has 4 rings (SSSR count). The van der Waals surface area contributed by atoms with Crippen LogP contribution in [0, 0.1) is 23.7 Å². The molecule has 8 nitrogen and oxygen atoms in total. The van der Waals surface area contributed by atoms with Gasteiger partial charge in [-0.1, -0.05) is 96.3 Å². The van der Waals surface area contributed by atoms with Crippen molar-refractivity contribution in [1.82, 2.24) is 0 Å². The van der Waals surface area contributed by atoms with Crippen molar-refractivity contribution in [2.24, 2.45) is 23.7 Å². The van der Waals surface area contributed by atoms with Gasteiger partial charge in [0.15, 0.2) is 11.5 Å². The summed E-state index contributed by atoms with van der Waals surface area (Å²) in [5.74, 6) is -5.04. The van der Waals surface area contributed by atoms with Crippen molar-refractivity contribution in [3.05, 3.63) is 53.4 Å². The summed E-state index contributed by atoms with van der Waals surface area (Å²) < 4.78 is 21.5. The van der Waals surface area contributed by atoms with Crippen LogP contribution in [0.3, 0.4) is 0 Å². The fourth-order valence-electron chi connectivity index (χ4n) is 5.29. The van der Waals surface area contributed by atoms with Crippen LogP contribution in [-0.4, -0.2) is 37.1 Å². The third-order valence-electron chi connectivity index (χ3n) is 7.97. The Balaban J connectivity index is 1.53. The van der Waals surface area contributed by atoms with Crippen molar-refractivity contribution in [2.75, 3.05) is 13.2 Å². The molecule has 2 atom stereocenters. The monoisotopic (exact) mass is 754 g/mol. The Labute approximate surface area is 297 Å². The first-order chi connectivity index (χ1) is 21.9. The molecule has 2 aromatic rings. The van der Waals surface area contributed by atoms with Gasteiger partial charge >= 0.3 is 23.9 Å². The van der Waals surface area contributed by atoms with Crippen LogP contribution in [0.5, 0.6) is 11.5 Å². The number of halogens is 6. The molecule has 0 bridgehead atoms. The number of carbonyl (C=O) groups excluding carboxylic acids is 4. The highest BCUT2D eigenvalue weighted by Crippen LogP contribution is 2.44. The summed E-state index contributed by atoms with van der Waals surface area (Å²) in [6.07, 6.45) is 7.77. The second-order valence-electron chi connectivity index (χ2n) is 11.5. The molecule has 46 heavy (non-hydrogen) atoms. The molecule has 0 spiro atoms. The Kier molecular flexibility index (Phi) is 13.2. The highest BCUT2D eigenvalue weighted by molar-refractivity contribution is 6.47. The minimum Gasteiger partial charge on any atom is -0.462 e. The van der Waals surface area contributed by atoms with E-state index >= 15 is 0 Å². The van der Waals surface area contributed by atoms with Gasteiger partial charge in [0, 0.05) is 0 Å². The lowest BCUT2D eigenvalue weighted by molar-refractivity contribution is -0.156. The number of rotatable bonds is 14. The average Bonchev–Trinajstić information content (AvgIpc) is 3.93. The third-order valence-corrected chi connectivity index (χ3v) is 10.1. The molecular weight excluding hydrogens is 725 g/mol. The maximum absolute atomic E-state index is 13.2. The molecule has 14 heteroatoms. The zero-order chi connectivity index (χ0) is 33.7. The minimum absolute atomic E-state index is 0.109. The van der Waals surface area contributed by atoms with Crippen molar-refractivity contribution in [3.8, 4) is 11.5 Å². The maximum atomic E-state index is 13.2. The summed E-state index contributed by atoms with van der Waals surface area (Å²) in [5.41, 5.74) is -0.888. The van der Waals surface area contributed by atoms with Crippen molar-refractivity contribution in [1.29, 1.82) is 0 Å². The van der Waals surface area contributed by atoms with Crippen LogP contribution < -0.4 is 9.47 Å². The molecule has 2 fully saturated rings. The Morgan fingerprint density at radius 1 is 0.630 bits per heavy atom. The van der Waals surface area contributed by atoms with E-state index in [0.717, 1.165) is 63.5 Å². The van der Waals surface area contributed by atoms with Crippen molar-refractivity contribution < 1.29 is 38.1 Å². The van der Waals surface area contributed by atoms with Gasteiger partial charge < -0.3 is 18.9 Å². The van der Waals surface area contributed by atoms with Gasteiger partial charge in [-0.2, -0.15) is 0 Å². The Bertz CT molecular complexity index is 1390. The van der Waals surface area contributed by atoms with Crippen LogP contribution in [0.1, 0.15) is 85.9 Å². The molecule has 0 N–H and O–H groups in total. The van der Waals surface area contributed by atoms with E-state index in [9.17, 15) is 19.2 Å². The standard InChI is InChI=1S/C32H32Cl6O8/c1-3-5-17(15-7-8-15)13-43-29(39)23-25(37)19(33)11-21(35)27(23)45-31(41)32(42)46-28-22(36)12-20(34)26(38)24(28)30(40)44-14-18(6-4-2)16-9-10-16/h11-12,15-18H,3-10,13-14H2,1-2H3. The molecular formula is C32H32Cl6O8. The SMILES string of the molecule is CCCC(COC(=O)c1c(Cl)c(Cl)cc(Cl)c1OC(=O)C(=O)Oc1c(Cl)cc(Cl)c(Cl)c1C(=O)OCC(CCC)C1CC1)C1CC1. The van der Waals surface area contributed by atoms with E-state index in [1.165, 1.54) is 0 Å². The quantitative estimate of drug-likeness (QED) is 0.0812. The van der Waals surface area contributed by atoms with E-state index in [1.807, 2.05) is 13.8 Å². The average molecular weight is 757 g/mol. The fraction of sp³-hybridized carbons (Fsp3) is 0.500. The third kappa shape index (κ3) is 9.14. The molecule has 0 radical (unpaired) electrons. The Morgan fingerprint density at radius 2 is 0.978 bits per heavy atom. The first kappa shape index (κ1) is 36.9. The number of ether oxygens (including phenoxy) is 4. The van der Waals surface area contributed by atoms with Gasteiger partial charge in [0.1, 0.15) is 11.1 Å². The number of hydrogen-bond donors (Lipinski definition) is 0. The van der Waals surface area contributed by atoms with Crippen molar-refractivity contribution in [2.45, 2.75) is 65.2 Å². The largest absolute Gasteiger partial charge is 0.462 e. The molecule has 2 aliphatic rings. The van der Waals surface area contributed by atoms with E-state index in [-0.39, 0.29) is 55.2 Å². The summed E-state index contributed by atoms with van der Waals surface area (Å²) in [4.78, 5) is 52.4. The van der Waals surface area contributed by atoms with Crippen LogP contribution in [0.4, 0.5) is 0 Å². The molecule has 2 unspecified atom stereocenters. The highest BCUT2D eigenvalue weighted by atomic mass is 35.5. The van der Waals surface area contributed by atoms with Crippen molar-refractivity contribution >= 4 is 93.5 Å².